The second-order valence-corrected chi connectivity index (χ2v) is 5.89. The van der Waals surface area contributed by atoms with Crippen molar-refractivity contribution in [3.63, 3.8) is 0 Å². The number of aliphatic carboxylic acids is 1. The van der Waals surface area contributed by atoms with Crippen LogP contribution < -0.4 is 4.90 Å². The molecule has 1 fully saturated rings. The quantitative estimate of drug-likeness (QED) is 0.853. The standard InChI is InChI=1S/C17H23NO2/c1-12-8-9-18(14(3)10-12)16-6-4-15(11-13(16)2)5-7-17(19)20/h4-7,11-12,14H,8-10H2,1-3H3,(H,19,20). The van der Waals surface area contributed by atoms with Crippen LogP contribution in [0.3, 0.4) is 0 Å². The SMILES string of the molecule is Cc1cc(C=CC(=O)O)ccc1N1CCC(C)CC1C. The molecule has 20 heavy (non-hydrogen) atoms. The summed E-state index contributed by atoms with van der Waals surface area (Å²) >= 11 is 0. The van der Waals surface area contributed by atoms with Crippen molar-refractivity contribution in [2.24, 2.45) is 5.92 Å². The van der Waals surface area contributed by atoms with Crippen molar-refractivity contribution >= 4 is 17.7 Å². The predicted molar refractivity (Wildman–Crippen MR) is 83.1 cm³/mol. The van der Waals surface area contributed by atoms with E-state index >= 15 is 0 Å². The number of hydrogen-bond acceptors (Lipinski definition) is 2. The minimum absolute atomic E-state index is 0.567. The van der Waals surface area contributed by atoms with Crippen LogP contribution in [0.1, 0.15) is 37.8 Å². The van der Waals surface area contributed by atoms with Gasteiger partial charge in [-0.2, -0.15) is 0 Å². The lowest BCUT2D eigenvalue weighted by molar-refractivity contribution is -0.131. The van der Waals surface area contributed by atoms with Gasteiger partial charge in [-0.15, -0.1) is 0 Å². The maximum Gasteiger partial charge on any atom is 0.328 e. The van der Waals surface area contributed by atoms with E-state index in [4.69, 9.17) is 5.11 Å². The Morgan fingerprint density at radius 1 is 1.40 bits per heavy atom. The van der Waals surface area contributed by atoms with Gasteiger partial charge in [0.2, 0.25) is 0 Å². The Kier molecular flexibility index (Phi) is 4.48. The number of nitrogens with zero attached hydrogens (tertiary/aromatic N) is 1. The van der Waals surface area contributed by atoms with Crippen LogP contribution in [0.15, 0.2) is 24.3 Å². The van der Waals surface area contributed by atoms with Crippen molar-refractivity contribution < 1.29 is 9.90 Å². The minimum atomic E-state index is -0.912. The van der Waals surface area contributed by atoms with Crippen molar-refractivity contribution in [3.05, 3.63) is 35.4 Å². The number of rotatable bonds is 3. The molecule has 1 aromatic carbocycles. The van der Waals surface area contributed by atoms with Gasteiger partial charge in [-0.05, 0) is 61.9 Å². The van der Waals surface area contributed by atoms with E-state index in [1.165, 1.54) is 30.2 Å². The maximum absolute atomic E-state index is 10.6. The molecule has 1 aliphatic rings. The first-order chi connectivity index (χ1) is 9.47. The zero-order chi connectivity index (χ0) is 14.7. The van der Waals surface area contributed by atoms with Crippen LogP contribution in [0, 0.1) is 12.8 Å². The van der Waals surface area contributed by atoms with E-state index in [1.807, 2.05) is 6.07 Å². The van der Waals surface area contributed by atoms with Crippen LogP contribution in [0.25, 0.3) is 6.08 Å². The summed E-state index contributed by atoms with van der Waals surface area (Å²) in [6.45, 7) is 7.81. The Labute approximate surface area is 120 Å². The Morgan fingerprint density at radius 2 is 2.15 bits per heavy atom. The first-order valence-electron chi connectivity index (χ1n) is 7.25. The van der Waals surface area contributed by atoms with Crippen LogP contribution in [0.5, 0.6) is 0 Å². The zero-order valence-corrected chi connectivity index (χ0v) is 12.5. The van der Waals surface area contributed by atoms with Gasteiger partial charge >= 0.3 is 5.97 Å². The fourth-order valence-electron chi connectivity index (χ4n) is 3.04. The summed E-state index contributed by atoms with van der Waals surface area (Å²) in [6, 6.07) is 6.73. The molecular weight excluding hydrogens is 250 g/mol. The van der Waals surface area contributed by atoms with E-state index in [0.717, 1.165) is 18.0 Å². The van der Waals surface area contributed by atoms with E-state index in [1.54, 1.807) is 6.08 Å². The van der Waals surface area contributed by atoms with Gasteiger partial charge in [-0.25, -0.2) is 4.79 Å². The van der Waals surface area contributed by atoms with Crippen LogP contribution in [0.4, 0.5) is 5.69 Å². The molecule has 0 amide bonds. The van der Waals surface area contributed by atoms with Crippen LogP contribution in [-0.2, 0) is 4.79 Å². The molecule has 1 aliphatic heterocycles. The van der Waals surface area contributed by atoms with E-state index in [0.29, 0.717) is 6.04 Å². The number of benzene rings is 1. The summed E-state index contributed by atoms with van der Waals surface area (Å²) in [6.07, 6.45) is 5.30. The normalized spacial score (nSPS) is 23.2. The second kappa shape index (κ2) is 6.12. The summed E-state index contributed by atoms with van der Waals surface area (Å²) in [5, 5.41) is 8.67. The highest BCUT2D eigenvalue weighted by atomic mass is 16.4. The molecule has 1 heterocycles. The fourth-order valence-corrected chi connectivity index (χ4v) is 3.04. The Balaban J connectivity index is 2.19. The summed E-state index contributed by atoms with van der Waals surface area (Å²) < 4.78 is 0. The highest BCUT2D eigenvalue weighted by Gasteiger charge is 2.23. The Bertz CT molecular complexity index is 522. The van der Waals surface area contributed by atoms with Crippen molar-refractivity contribution in [1.82, 2.24) is 0 Å². The van der Waals surface area contributed by atoms with Crippen molar-refractivity contribution in [3.8, 4) is 0 Å². The predicted octanol–water partition coefficient (Wildman–Crippen LogP) is 3.72. The molecule has 1 aromatic rings. The number of carboxylic acid groups (broad SMARTS) is 1. The average molecular weight is 273 g/mol. The number of carboxylic acids is 1. The average Bonchev–Trinajstić information content (AvgIpc) is 2.37. The lowest BCUT2D eigenvalue weighted by Gasteiger charge is -2.39. The van der Waals surface area contributed by atoms with Gasteiger partial charge in [-0.1, -0.05) is 13.0 Å². The molecule has 0 aliphatic carbocycles. The summed E-state index contributed by atoms with van der Waals surface area (Å²) in [5.41, 5.74) is 3.42. The van der Waals surface area contributed by atoms with E-state index in [-0.39, 0.29) is 0 Å². The number of carbonyl (C=O) groups is 1. The van der Waals surface area contributed by atoms with Crippen molar-refractivity contribution in [1.29, 1.82) is 0 Å². The fraction of sp³-hybridized carbons (Fsp3) is 0.471. The topological polar surface area (TPSA) is 40.5 Å². The van der Waals surface area contributed by atoms with Crippen molar-refractivity contribution in [2.75, 3.05) is 11.4 Å². The molecule has 3 heteroatoms. The van der Waals surface area contributed by atoms with Crippen LogP contribution in [-0.4, -0.2) is 23.7 Å². The molecule has 108 valence electrons. The van der Waals surface area contributed by atoms with Gasteiger partial charge in [0.1, 0.15) is 0 Å². The second-order valence-electron chi connectivity index (χ2n) is 5.89. The molecule has 0 spiro atoms. The summed E-state index contributed by atoms with van der Waals surface area (Å²) in [5.74, 6) is -0.107. The minimum Gasteiger partial charge on any atom is -0.478 e. The van der Waals surface area contributed by atoms with Gasteiger partial charge in [-0.3, -0.25) is 0 Å². The molecule has 0 radical (unpaired) electrons. The first kappa shape index (κ1) is 14.6. The summed E-state index contributed by atoms with van der Waals surface area (Å²) in [7, 11) is 0. The van der Waals surface area contributed by atoms with E-state index in [9.17, 15) is 4.79 Å². The number of aryl methyl sites for hydroxylation is 1. The Hall–Kier alpha value is -1.77. The molecule has 1 N–H and O–H groups in total. The maximum atomic E-state index is 10.6. The molecule has 2 atom stereocenters. The van der Waals surface area contributed by atoms with Gasteiger partial charge in [0.25, 0.3) is 0 Å². The molecule has 0 aromatic heterocycles. The number of anilines is 1. The summed E-state index contributed by atoms with van der Waals surface area (Å²) in [4.78, 5) is 13.0. The van der Waals surface area contributed by atoms with Gasteiger partial charge < -0.3 is 10.0 Å². The monoisotopic (exact) mass is 273 g/mol. The molecular formula is C17H23NO2. The van der Waals surface area contributed by atoms with Crippen LogP contribution >= 0.6 is 0 Å². The Morgan fingerprint density at radius 3 is 2.75 bits per heavy atom. The third-order valence-electron chi connectivity index (χ3n) is 4.09. The van der Waals surface area contributed by atoms with E-state index < -0.39 is 5.97 Å². The first-order valence-corrected chi connectivity index (χ1v) is 7.25. The molecule has 0 saturated carbocycles. The van der Waals surface area contributed by atoms with E-state index in [2.05, 4.69) is 37.8 Å². The van der Waals surface area contributed by atoms with Gasteiger partial charge in [0.05, 0.1) is 0 Å². The highest BCUT2D eigenvalue weighted by Crippen LogP contribution is 2.30. The van der Waals surface area contributed by atoms with Crippen LogP contribution in [0.2, 0.25) is 0 Å². The van der Waals surface area contributed by atoms with Crippen molar-refractivity contribution in [2.45, 2.75) is 39.7 Å². The van der Waals surface area contributed by atoms with Gasteiger partial charge in [0, 0.05) is 24.4 Å². The lowest BCUT2D eigenvalue weighted by Crippen LogP contribution is -2.40. The highest BCUT2D eigenvalue weighted by molar-refractivity contribution is 5.85. The molecule has 0 bridgehead atoms. The number of piperidine rings is 1. The zero-order valence-electron chi connectivity index (χ0n) is 12.5. The molecule has 2 unspecified atom stereocenters. The largest absolute Gasteiger partial charge is 0.478 e. The van der Waals surface area contributed by atoms with Gasteiger partial charge in [0.15, 0.2) is 0 Å². The third-order valence-corrected chi connectivity index (χ3v) is 4.09. The molecule has 2 rings (SSSR count). The third kappa shape index (κ3) is 3.41. The molecule has 3 nitrogen and oxygen atoms in total. The number of hydrogen-bond donors (Lipinski definition) is 1. The smallest absolute Gasteiger partial charge is 0.328 e. The lowest BCUT2D eigenvalue weighted by atomic mass is 9.92. The molecule has 1 saturated heterocycles.